The molecule has 0 saturated heterocycles. The Morgan fingerprint density at radius 2 is 2.11 bits per heavy atom. The lowest BCUT2D eigenvalue weighted by Gasteiger charge is -2.09. The molecule has 8 heteroatoms. The summed E-state index contributed by atoms with van der Waals surface area (Å²) >= 11 is 11.3. The van der Waals surface area contributed by atoms with E-state index >= 15 is 0 Å². The molecule has 0 aliphatic carbocycles. The summed E-state index contributed by atoms with van der Waals surface area (Å²) in [4.78, 5) is 11.1. The fourth-order valence-corrected chi connectivity index (χ4v) is 2.90. The van der Waals surface area contributed by atoms with Crippen LogP contribution in [0.1, 0.15) is 10.4 Å². The third-order valence-electron chi connectivity index (χ3n) is 2.10. The Morgan fingerprint density at radius 3 is 2.63 bits per heavy atom. The lowest BCUT2D eigenvalue weighted by molar-refractivity contribution is 0.0600. The zero-order chi connectivity index (χ0) is 14.6. The summed E-state index contributed by atoms with van der Waals surface area (Å²) in [6, 6.07) is 3.80. The number of hydrogen-bond donors (Lipinski definition) is 1. The van der Waals surface area contributed by atoms with Gasteiger partial charge in [0.05, 0.1) is 17.7 Å². The van der Waals surface area contributed by atoms with Crippen molar-refractivity contribution < 1.29 is 17.9 Å². The molecular weight excluding hydrogens is 313 g/mol. The van der Waals surface area contributed by atoms with Crippen molar-refractivity contribution in [3.05, 3.63) is 40.4 Å². The smallest absolute Gasteiger partial charge is 0.337 e. The summed E-state index contributed by atoms with van der Waals surface area (Å²) in [7, 11) is -2.69. The van der Waals surface area contributed by atoms with Crippen molar-refractivity contribution in [1.29, 1.82) is 0 Å². The molecule has 0 saturated carbocycles. The Hall–Kier alpha value is -1.08. The van der Waals surface area contributed by atoms with Gasteiger partial charge in [-0.1, -0.05) is 29.8 Å². The molecule has 1 aromatic carbocycles. The first kappa shape index (κ1) is 16.0. The van der Waals surface area contributed by atoms with E-state index in [1.807, 2.05) is 0 Å². The average Bonchev–Trinajstić information content (AvgIpc) is 2.36. The number of nitrogens with one attached hydrogen (secondary N) is 1. The number of rotatable bonds is 5. The first-order valence-electron chi connectivity index (χ1n) is 4.98. The van der Waals surface area contributed by atoms with E-state index in [0.717, 1.165) is 6.07 Å². The zero-order valence-corrected chi connectivity index (χ0v) is 12.3. The van der Waals surface area contributed by atoms with E-state index in [9.17, 15) is 13.2 Å². The van der Waals surface area contributed by atoms with Crippen LogP contribution >= 0.6 is 23.2 Å². The first-order valence-corrected chi connectivity index (χ1v) is 7.22. The molecule has 0 atom stereocenters. The van der Waals surface area contributed by atoms with E-state index in [-0.39, 0.29) is 27.1 Å². The van der Waals surface area contributed by atoms with Crippen molar-refractivity contribution in [2.24, 2.45) is 0 Å². The topological polar surface area (TPSA) is 72.5 Å². The average molecular weight is 324 g/mol. The van der Waals surface area contributed by atoms with Gasteiger partial charge < -0.3 is 4.74 Å². The summed E-state index contributed by atoms with van der Waals surface area (Å²) in [5.41, 5.74) is 0.0805. The summed E-state index contributed by atoms with van der Waals surface area (Å²) < 4.78 is 30.7. The lowest BCUT2D eigenvalue weighted by atomic mass is 10.2. The van der Waals surface area contributed by atoms with E-state index in [1.54, 1.807) is 0 Å². The van der Waals surface area contributed by atoms with Crippen molar-refractivity contribution in [3.8, 4) is 0 Å². The molecule has 0 radical (unpaired) electrons. The molecule has 0 bridgehead atoms. The van der Waals surface area contributed by atoms with E-state index in [1.165, 1.54) is 19.2 Å². The minimum absolute atomic E-state index is 0.0136. The molecule has 0 fully saturated rings. The second kappa shape index (κ2) is 6.38. The Kier molecular flexibility index (Phi) is 5.37. The first-order chi connectivity index (χ1) is 8.77. The van der Waals surface area contributed by atoms with Crippen LogP contribution in [0.3, 0.4) is 0 Å². The maximum Gasteiger partial charge on any atom is 0.337 e. The van der Waals surface area contributed by atoms with Gasteiger partial charge in [0, 0.05) is 11.6 Å². The quantitative estimate of drug-likeness (QED) is 0.843. The third-order valence-corrected chi connectivity index (χ3v) is 4.11. The number of methoxy groups -OCH3 is 1. The Morgan fingerprint density at radius 1 is 1.47 bits per heavy atom. The number of carbonyl (C=O) groups is 1. The van der Waals surface area contributed by atoms with Gasteiger partial charge in [0.15, 0.2) is 0 Å². The number of benzene rings is 1. The molecule has 0 aliphatic rings. The minimum Gasteiger partial charge on any atom is -0.465 e. The largest absolute Gasteiger partial charge is 0.465 e. The van der Waals surface area contributed by atoms with Crippen LogP contribution in [-0.4, -0.2) is 28.0 Å². The molecule has 1 rings (SSSR count). The summed E-state index contributed by atoms with van der Waals surface area (Å²) in [6.45, 7) is 3.23. The van der Waals surface area contributed by atoms with Gasteiger partial charge in [-0.2, -0.15) is 0 Å². The molecule has 0 unspecified atom stereocenters. The van der Waals surface area contributed by atoms with E-state index in [4.69, 9.17) is 23.2 Å². The summed E-state index contributed by atoms with van der Waals surface area (Å²) in [6.07, 6.45) is 0. The fraction of sp³-hybridized carbons (Fsp3) is 0.182. The van der Waals surface area contributed by atoms with Crippen LogP contribution in [0.2, 0.25) is 5.02 Å². The minimum atomic E-state index is -3.89. The number of sulfonamides is 1. The Labute approximate surface area is 121 Å². The standard InChI is InChI=1S/C11H11Cl2NO4S/c1-7(12)6-14-19(16,17)10-5-8(11(15)18-2)3-4-9(10)13/h3-5,14H,1,6H2,2H3. The molecule has 104 valence electrons. The van der Waals surface area contributed by atoms with Crippen LogP contribution in [0.4, 0.5) is 0 Å². The van der Waals surface area contributed by atoms with Crippen LogP contribution < -0.4 is 4.72 Å². The maximum atomic E-state index is 12.0. The lowest BCUT2D eigenvalue weighted by Crippen LogP contribution is -2.25. The molecule has 19 heavy (non-hydrogen) atoms. The maximum absolute atomic E-state index is 12.0. The highest BCUT2D eigenvalue weighted by Crippen LogP contribution is 2.23. The number of esters is 1. The molecule has 5 nitrogen and oxygen atoms in total. The van der Waals surface area contributed by atoms with Crippen LogP contribution in [0.5, 0.6) is 0 Å². The number of halogens is 2. The highest BCUT2D eigenvalue weighted by Gasteiger charge is 2.20. The second-order valence-electron chi connectivity index (χ2n) is 3.48. The molecular formula is C11H11Cl2NO4S. The van der Waals surface area contributed by atoms with E-state index < -0.39 is 16.0 Å². The molecule has 1 N–H and O–H groups in total. The molecule has 0 aromatic heterocycles. The summed E-state index contributed by atoms with van der Waals surface area (Å²) in [5, 5.41) is 0.115. The molecule has 0 heterocycles. The predicted octanol–water partition coefficient (Wildman–Crippen LogP) is 2.16. The second-order valence-corrected chi connectivity index (χ2v) is 6.16. The molecule has 0 aliphatic heterocycles. The molecule has 0 spiro atoms. The zero-order valence-electron chi connectivity index (χ0n) is 9.94. The number of ether oxygens (including phenoxy) is 1. The SMILES string of the molecule is C=C(Cl)CNS(=O)(=O)c1cc(C(=O)OC)ccc1Cl. The highest BCUT2D eigenvalue weighted by molar-refractivity contribution is 7.89. The number of carbonyl (C=O) groups excluding carboxylic acids is 1. The van der Waals surface area contributed by atoms with E-state index in [2.05, 4.69) is 16.0 Å². The number of hydrogen-bond acceptors (Lipinski definition) is 4. The third kappa shape index (κ3) is 4.21. The van der Waals surface area contributed by atoms with Gasteiger partial charge in [0.1, 0.15) is 4.90 Å². The van der Waals surface area contributed by atoms with Crippen LogP contribution in [-0.2, 0) is 14.8 Å². The van der Waals surface area contributed by atoms with Gasteiger partial charge in [-0.05, 0) is 18.2 Å². The van der Waals surface area contributed by atoms with E-state index in [0.29, 0.717) is 0 Å². The summed E-state index contributed by atoms with van der Waals surface area (Å²) in [5.74, 6) is -0.658. The Bertz CT molecular complexity index is 613. The van der Waals surface area contributed by atoms with Crippen LogP contribution in [0.25, 0.3) is 0 Å². The van der Waals surface area contributed by atoms with Gasteiger partial charge in [-0.25, -0.2) is 17.9 Å². The fourth-order valence-electron chi connectivity index (χ4n) is 1.21. The van der Waals surface area contributed by atoms with Crippen molar-refractivity contribution in [2.75, 3.05) is 13.7 Å². The van der Waals surface area contributed by atoms with Crippen LogP contribution in [0.15, 0.2) is 34.7 Å². The van der Waals surface area contributed by atoms with Gasteiger partial charge >= 0.3 is 5.97 Å². The normalized spacial score (nSPS) is 11.1. The van der Waals surface area contributed by atoms with Gasteiger partial charge in [0.2, 0.25) is 10.0 Å². The van der Waals surface area contributed by atoms with Crippen molar-refractivity contribution >= 4 is 39.2 Å². The highest BCUT2D eigenvalue weighted by atomic mass is 35.5. The predicted molar refractivity (Wildman–Crippen MR) is 73.0 cm³/mol. The van der Waals surface area contributed by atoms with Crippen molar-refractivity contribution in [3.63, 3.8) is 0 Å². The monoisotopic (exact) mass is 323 g/mol. The van der Waals surface area contributed by atoms with Crippen molar-refractivity contribution in [2.45, 2.75) is 4.90 Å². The van der Waals surface area contributed by atoms with Gasteiger partial charge in [-0.3, -0.25) is 0 Å². The van der Waals surface area contributed by atoms with Crippen LogP contribution in [0, 0.1) is 0 Å². The molecule has 0 amide bonds. The Balaban J connectivity index is 3.18. The van der Waals surface area contributed by atoms with Crippen molar-refractivity contribution in [1.82, 2.24) is 4.72 Å². The molecule has 1 aromatic rings. The van der Waals surface area contributed by atoms with Gasteiger partial charge in [-0.15, -0.1) is 0 Å². The van der Waals surface area contributed by atoms with Gasteiger partial charge in [0.25, 0.3) is 0 Å².